The molecule has 0 radical (unpaired) electrons. The summed E-state index contributed by atoms with van der Waals surface area (Å²) < 4.78 is 0. The molecule has 0 bridgehead atoms. The zero-order valence-electron chi connectivity index (χ0n) is 8.76. The zero-order chi connectivity index (χ0) is 10.4. The van der Waals surface area contributed by atoms with Gasteiger partial charge in [0.05, 0.1) is 18.9 Å². The molecule has 2 atom stereocenters. The first-order valence-corrected chi connectivity index (χ1v) is 4.95. The summed E-state index contributed by atoms with van der Waals surface area (Å²) in [5.74, 6) is 0.499. The van der Waals surface area contributed by atoms with Crippen molar-refractivity contribution in [2.24, 2.45) is 10.9 Å². The number of allylic oxidation sites excluding steroid dienone is 2. The molecule has 0 N–H and O–H groups in total. The Morgan fingerprint density at radius 3 is 3.07 bits per heavy atom. The van der Waals surface area contributed by atoms with Gasteiger partial charge in [0.25, 0.3) is 0 Å². The van der Waals surface area contributed by atoms with Gasteiger partial charge in [-0.05, 0) is 5.92 Å². The average molecular weight is 190 g/mol. The third kappa shape index (κ3) is 2.87. The summed E-state index contributed by atoms with van der Waals surface area (Å²) in [5.41, 5.74) is 0. The lowest BCUT2D eigenvalue weighted by atomic mass is 10.1. The maximum absolute atomic E-state index is 4.27. The van der Waals surface area contributed by atoms with Gasteiger partial charge >= 0.3 is 0 Å². The van der Waals surface area contributed by atoms with Crippen LogP contribution in [0.1, 0.15) is 6.92 Å². The van der Waals surface area contributed by atoms with Gasteiger partial charge in [-0.3, -0.25) is 4.99 Å². The van der Waals surface area contributed by atoms with E-state index in [4.69, 9.17) is 0 Å². The van der Waals surface area contributed by atoms with Crippen LogP contribution in [0.25, 0.3) is 0 Å². The molecule has 0 saturated carbocycles. The molecule has 0 aromatic rings. The van der Waals surface area contributed by atoms with E-state index in [-0.39, 0.29) is 0 Å². The number of rotatable bonds is 5. The van der Waals surface area contributed by atoms with Crippen LogP contribution in [0.3, 0.4) is 0 Å². The molecule has 2 nitrogen and oxygen atoms in total. The molecular formula is C12H18N2. The number of hydrogen-bond donors (Lipinski definition) is 0. The van der Waals surface area contributed by atoms with Crippen LogP contribution in [0.2, 0.25) is 0 Å². The minimum atomic E-state index is 0.399. The molecule has 0 aromatic heterocycles. The lowest BCUT2D eigenvalue weighted by molar-refractivity contribution is 0.368. The van der Waals surface area contributed by atoms with Gasteiger partial charge < -0.3 is 4.90 Å². The van der Waals surface area contributed by atoms with Crippen LogP contribution in [-0.2, 0) is 0 Å². The molecule has 0 spiro atoms. The summed E-state index contributed by atoms with van der Waals surface area (Å²) in [6, 6.07) is 0.399. The standard InChI is InChI=1S/C12H18N2/c1-4-6-7-12-8-13-10-14(12)9-11(3)5-2/h4-7,10-12H,1-2,8-9H2,3H3/b7-6-. The minimum Gasteiger partial charge on any atom is -0.354 e. The molecule has 1 aliphatic rings. The van der Waals surface area contributed by atoms with Gasteiger partial charge in [-0.15, -0.1) is 6.58 Å². The van der Waals surface area contributed by atoms with Crippen molar-refractivity contribution in [3.05, 3.63) is 37.5 Å². The van der Waals surface area contributed by atoms with E-state index in [2.05, 4.69) is 36.0 Å². The minimum absolute atomic E-state index is 0.399. The molecule has 2 unspecified atom stereocenters. The normalized spacial score (nSPS) is 22.9. The van der Waals surface area contributed by atoms with Crippen molar-refractivity contribution >= 4 is 6.34 Å². The smallest absolute Gasteiger partial charge is 0.0856 e. The van der Waals surface area contributed by atoms with E-state index in [1.807, 2.05) is 18.5 Å². The van der Waals surface area contributed by atoms with Crippen molar-refractivity contribution in [3.8, 4) is 0 Å². The van der Waals surface area contributed by atoms with Gasteiger partial charge in [-0.25, -0.2) is 0 Å². The first-order chi connectivity index (χ1) is 6.77. The van der Waals surface area contributed by atoms with Gasteiger partial charge in [-0.2, -0.15) is 0 Å². The highest BCUT2D eigenvalue weighted by Crippen LogP contribution is 2.10. The lowest BCUT2D eigenvalue weighted by Gasteiger charge is -2.23. The lowest BCUT2D eigenvalue weighted by Crippen LogP contribution is -2.33. The van der Waals surface area contributed by atoms with Crippen molar-refractivity contribution in [1.82, 2.24) is 4.90 Å². The fourth-order valence-electron chi connectivity index (χ4n) is 1.42. The third-order valence-corrected chi connectivity index (χ3v) is 2.32. The molecule has 1 heterocycles. The molecule has 0 aliphatic carbocycles. The molecule has 1 aliphatic heterocycles. The van der Waals surface area contributed by atoms with Crippen LogP contribution in [0.5, 0.6) is 0 Å². The average Bonchev–Trinajstić information content (AvgIpc) is 2.62. The maximum Gasteiger partial charge on any atom is 0.0856 e. The summed E-state index contributed by atoms with van der Waals surface area (Å²) in [6.45, 7) is 11.4. The van der Waals surface area contributed by atoms with E-state index in [0.29, 0.717) is 12.0 Å². The van der Waals surface area contributed by atoms with Crippen LogP contribution >= 0.6 is 0 Å². The van der Waals surface area contributed by atoms with Gasteiger partial charge in [0, 0.05) is 6.54 Å². The van der Waals surface area contributed by atoms with E-state index in [1.165, 1.54) is 0 Å². The van der Waals surface area contributed by atoms with Crippen molar-refractivity contribution in [3.63, 3.8) is 0 Å². The number of hydrogen-bond acceptors (Lipinski definition) is 2. The summed E-state index contributed by atoms with van der Waals surface area (Å²) in [6.07, 6.45) is 9.81. The van der Waals surface area contributed by atoms with E-state index < -0.39 is 0 Å². The van der Waals surface area contributed by atoms with Crippen molar-refractivity contribution in [2.75, 3.05) is 13.1 Å². The van der Waals surface area contributed by atoms with E-state index >= 15 is 0 Å². The fraction of sp³-hybridized carbons (Fsp3) is 0.417. The van der Waals surface area contributed by atoms with Crippen LogP contribution < -0.4 is 0 Å². The van der Waals surface area contributed by atoms with E-state index in [9.17, 15) is 0 Å². The highest BCUT2D eigenvalue weighted by Gasteiger charge is 2.17. The maximum atomic E-state index is 4.27. The highest BCUT2D eigenvalue weighted by atomic mass is 15.2. The summed E-state index contributed by atoms with van der Waals surface area (Å²) in [7, 11) is 0. The SMILES string of the molecule is C=C/C=C\C1CN=CN1CC(C)C=C. The Hall–Kier alpha value is -1.31. The molecule has 2 heteroatoms. The first kappa shape index (κ1) is 10.8. The second-order valence-corrected chi connectivity index (χ2v) is 3.58. The van der Waals surface area contributed by atoms with Crippen LogP contribution in [0.15, 0.2) is 42.5 Å². The van der Waals surface area contributed by atoms with Gasteiger partial charge in [0.1, 0.15) is 0 Å². The largest absolute Gasteiger partial charge is 0.354 e. The van der Waals surface area contributed by atoms with Crippen LogP contribution in [0.4, 0.5) is 0 Å². The molecule has 0 saturated heterocycles. The topological polar surface area (TPSA) is 15.6 Å². The first-order valence-electron chi connectivity index (χ1n) is 4.95. The van der Waals surface area contributed by atoms with Crippen LogP contribution in [0, 0.1) is 5.92 Å². The number of nitrogens with zero attached hydrogens (tertiary/aromatic N) is 2. The van der Waals surface area contributed by atoms with Crippen molar-refractivity contribution in [2.45, 2.75) is 13.0 Å². The van der Waals surface area contributed by atoms with E-state index in [1.54, 1.807) is 6.08 Å². The predicted octanol–water partition coefficient (Wildman–Crippen LogP) is 2.26. The Bertz CT molecular complexity index is 253. The molecule has 1 rings (SSSR count). The zero-order valence-corrected chi connectivity index (χ0v) is 8.76. The van der Waals surface area contributed by atoms with Crippen molar-refractivity contribution in [1.29, 1.82) is 0 Å². The Kier molecular flexibility index (Phi) is 4.17. The number of aliphatic imine (C=N–C) groups is 1. The predicted molar refractivity (Wildman–Crippen MR) is 62.6 cm³/mol. The Morgan fingerprint density at radius 2 is 2.43 bits per heavy atom. The molecule has 0 aromatic carbocycles. The Labute approximate surface area is 86.3 Å². The summed E-state index contributed by atoms with van der Waals surface area (Å²) in [5, 5.41) is 0. The monoisotopic (exact) mass is 190 g/mol. The molecule has 76 valence electrons. The van der Waals surface area contributed by atoms with Gasteiger partial charge in [0.2, 0.25) is 0 Å². The van der Waals surface area contributed by atoms with Gasteiger partial charge in [-0.1, -0.05) is 37.8 Å². The highest BCUT2D eigenvalue weighted by molar-refractivity contribution is 5.59. The Morgan fingerprint density at radius 1 is 1.64 bits per heavy atom. The van der Waals surface area contributed by atoms with Crippen molar-refractivity contribution < 1.29 is 0 Å². The van der Waals surface area contributed by atoms with Gasteiger partial charge in [0.15, 0.2) is 0 Å². The molecule has 0 fully saturated rings. The summed E-state index contributed by atoms with van der Waals surface area (Å²) >= 11 is 0. The molecule has 14 heavy (non-hydrogen) atoms. The third-order valence-electron chi connectivity index (χ3n) is 2.32. The summed E-state index contributed by atoms with van der Waals surface area (Å²) in [4.78, 5) is 6.51. The van der Waals surface area contributed by atoms with Crippen LogP contribution in [-0.4, -0.2) is 30.4 Å². The quantitative estimate of drug-likeness (QED) is 0.479. The second-order valence-electron chi connectivity index (χ2n) is 3.58. The molecule has 0 amide bonds. The Balaban J connectivity index is 2.49. The molecular weight excluding hydrogens is 172 g/mol. The fourth-order valence-corrected chi connectivity index (χ4v) is 1.42. The second kappa shape index (κ2) is 5.43. The van der Waals surface area contributed by atoms with E-state index in [0.717, 1.165) is 13.1 Å².